The minimum absolute atomic E-state index is 0.113. The van der Waals surface area contributed by atoms with E-state index in [0.29, 0.717) is 28.1 Å². The highest BCUT2D eigenvalue weighted by molar-refractivity contribution is 7.16. The molecule has 27 heavy (non-hydrogen) atoms. The van der Waals surface area contributed by atoms with E-state index in [-0.39, 0.29) is 30.7 Å². The molecule has 0 saturated heterocycles. The SMILES string of the molecule is Cc1sc(NC(=O)CCCN2C(=O)c3ccccc3C2=O)c(C(N)=O)c1C. The number of aryl methyl sites for hydroxylation is 1. The molecule has 0 saturated carbocycles. The normalized spacial score (nSPS) is 13.0. The summed E-state index contributed by atoms with van der Waals surface area (Å²) in [5.74, 6) is -1.55. The average molecular weight is 385 g/mol. The Morgan fingerprint density at radius 1 is 1.11 bits per heavy atom. The average Bonchev–Trinajstić information content (AvgIpc) is 3.03. The van der Waals surface area contributed by atoms with Crippen LogP contribution in [0.2, 0.25) is 0 Å². The van der Waals surface area contributed by atoms with Crippen molar-refractivity contribution in [3.8, 4) is 0 Å². The van der Waals surface area contributed by atoms with Gasteiger partial charge in [0.05, 0.1) is 16.7 Å². The number of nitrogens with one attached hydrogen (secondary N) is 1. The monoisotopic (exact) mass is 385 g/mol. The summed E-state index contributed by atoms with van der Waals surface area (Å²) in [4.78, 5) is 50.5. The second kappa shape index (κ2) is 7.32. The summed E-state index contributed by atoms with van der Waals surface area (Å²) in [6, 6.07) is 6.66. The number of carbonyl (C=O) groups excluding carboxylic acids is 4. The van der Waals surface area contributed by atoms with Crippen LogP contribution in [0, 0.1) is 13.8 Å². The minimum Gasteiger partial charge on any atom is -0.365 e. The number of imide groups is 1. The molecule has 0 fully saturated rings. The molecule has 0 spiro atoms. The van der Waals surface area contributed by atoms with Gasteiger partial charge in [0.2, 0.25) is 5.91 Å². The highest BCUT2D eigenvalue weighted by atomic mass is 32.1. The van der Waals surface area contributed by atoms with Gasteiger partial charge in [-0.1, -0.05) is 12.1 Å². The van der Waals surface area contributed by atoms with E-state index in [9.17, 15) is 19.2 Å². The fourth-order valence-corrected chi connectivity index (χ4v) is 4.12. The van der Waals surface area contributed by atoms with Gasteiger partial charge in [-0.05, 0) is 38.0 Å². The van der Waals surface area contributed by atoms with Gasteiger partial charge < -0.3 is 11.1 Å². The highest BCUT2D eigenvalue weighted by Crippen LogP contribution is 2.32. The molecule has 1 aliphatic rings. The summed E-state index contributed by atoms with van der Waals surface area (Å²) in [5.41, 5.74) is 7.26. The summed E-state index contributed by atoms with van der Waals surface area (Å²) in [6.45, 7) is 3.79. The summed E-state index contributed by atoms with van der Waals surface area (Å²) < 4.78 is 0. The van der Waals surface area contributed by atoms with Crippen LogP contribution in [-0.4, -0.2) is 35.1 Å². The first-order valence-electron chi connectivity index (χ1n) is 8.46. The third-order valence-electron chi connectivity index (χ3n) is 4.55. The number of rotatable bonds is 6. The van der Waals surface area contributed by atoms with Gasteiger partial charge in [-0.25, -0.2) is 0 Å². The van der Waals surface area contributed by atoms with Crippen LogP contribution in [-0.2, 0) is 4.79 Å². The standard InChI is InChI=1S/C19H19N3O4S/c1-10-11(2)27-17(15(10)16(20)24)21-14(23)8-5-9-22-18(25)12-6-3-4-7-13(12)19(22)26/h3-4,6-7H,5,8-9H2,1-2H3,(H2,20,24)(H,21,23). The second-order valence-electron chi connectivity index (χ2n) is 6.31. The maximum absolute atomic E-state index is 12.3. The van der Waals surface area contributed by atoms with Crippen molar-refractivity contribution in [2.24, 2.45) is 5.73 Å². The first-order chi connectivity index (χ1) is 12.8. The quantitative estimate of drug-likeness (QED) is 0.744. The van der Waals surface area contributed by atoms with Gasteiger partial charge in [0, 0.05) is 17.8 Å². The zero-order valence-corrected chi connectivity index (χ0v) is 15.8. The van der Waals surface area contributed by atoms with Crippen molar-refractivity contribution in [1.82, 2.24) is 4.90 Å². The molecule has 2 aromatic rings. The Labute approximate surface area is 160 Å². The van der Waals surface area contributed by atoms with Crippen LogP contribution in [0.1, 0.15) is 54.4 Å². The number of anilines is 1. The lowest BCUT2D eigenvalue weighted by Gasteiger charge is -2.13. The fraction of sp³-hybridized carbons (Fsp3) is 0.263. The summed E-state index contributed by atoms with van der Waals surface area (Å²) in [6.07, 6.45) is 0.439. The number of nitrogens with two attached hydrogens (primary N) is 1. The van der Waals surface area contributed by atoms with E-state index in [1.165, 1.54) is 11.3 Å². The van der Waals surface area contributed by atoms with Gasteiger partial charge in [0.25, 0.3) is 17.7 Å². The number of thiophene rings is 1. The maximum atomic E-state index is 12.3. The summed E-state index contributed by atoms with van der Waals surface area (Å²) in [5, 5.41) is 3.14. The molecule has 1 aliphatic heterocycles. The molecule has 0 atom stereocenters. The number of hydrogen-bond acceptors (Lipinski definition) is 5. The smallest absolute Gasteiger partial charge is 0.261 e. The first kappa shape index (κ1) is 18.8. The van der Waals surface area contributed by atoms with Crippen molar-refractivity contribution in [1.29, 1.82) is 0 Å². The van der Waals surface area contributed by atoms with Crippen LogP contribution in [0.3, 0.4) is 0 Å². The number of amides is 4. The lowest BCUT2D eigenvalue weighted by molar-refractivity contribution is -0.116. The molecule has 3 rings (SSSR count). The van der Waals surface area contributed by atoms with E-state index in [1.54, 1.807) is 31.2 Å². The Hall–Kier alpha value is -3.00. The topological polar surface area (TPSA) is 110 Å². The molecule has 1 aromatic carbocycles. The molecule has 1 aromatic heterocycles. The third-order valence-corrected chi connectivity index (χ3v) is 5.67. The lowest BCUT2D eigenvalue weighted by Crippen LogP contribution is -2.31. The molecule has 2 heterocycles. The van der Waals surface area contributed by atoms with Crippen molar-refractivity contribution < 1.29 is 19.2 Å². The molecule has 4 amide bonds. The maximum Gasteiger partial charge on any atom is 0.261 e. The van der Waals surface area contributed by atoms with Gasteiger partial charge in [-0.15, -0.1) is 11.3 Å². The van der Waals surface area contributed by atoms with Crippen LogP contribution in [0.5, 0.6) is 0 Å². The van der Waals surface area contributed by atoms with E-state index in [4.69, 9.17) is 5.73 Å². The number of nitrogens with zero attached hydrogens (tertiary/aromatic N) is 1. The van der Waals surface area contributed by atoms with E-state index < -0.39 is 5.91 Å². The molecule has 0 unspecified atom stereocenters. The molecule has 3 N–H and O–H groups in total. The second-order valence-corrected chi connectivity index (χ2v) is 7.54. The number of primary amides is 1. The molecule has 8 heteroatoms. The molecule has 7 nitrogen and oxygen atoms in total. The number of fused-ring (bicyclic) bond motifs is 1. The number of carbonyl (C=O) groups is 4. The lowest BCUT2D eigenvalue weighted by atomic mass is 10.1. The van der Waals surface area contributed by atoms with Crippen molar-refractivity contribution in [2.75, 3.05) is 11.9 Å². The Kier molecular flexibility index (Phi) is 5.09. The molecule has 0 aliphatic carbocycles. The van der Waals surface area contributed by atoms with Crippen LogP contribution in [0.4, 0.5) is 5.00 Å². The van der Waals surface area contributed by atoms with Gasteiger partial charge >= 0.3 is 0 Å². The highest BCUT2D eigenvalue weighted by Gasteiger charge is 2.34. The zero-order valence-electron chi connectivity index (χ0n) is 15.0. The molecular weight excluding hydrogens is 366 g/mol. The van der Waals surface area contributed by atoms with E-state index >= 15 is 0 Å². The van der Waals surface area contributed by atoms with Crippen molar-refractivity contribution in [3.63, 3.8) is 0 Å². The van der Waals surface area contributed by atoms with Crippen molar-refractivity contribution in [3.05, 3.63) is 51.4 Å². The van der Waals surface area contributed by atoms with Crippen LogP contribution in [0.15, 0.2) is 24.3 Å². The third kappa shape index (κ3) is 3.48. The van der Waals surface area contributed by atoms with Gasteiger partial charge in [0.1, 0.15) is 5.00 Å². The summed E-state index contributed by atoms with van der Waals surface area (Å²) >= 11 is 1.30. The first-order valence-corrected chi connectivity index (χ1v) is 9.27. The van der Waals surface area contributed by atoms with Gasteiger partial charge in [-0.2, -0.15) is 0 Å². The predicted octanol–water partition coefficient (Wildman–Crippen LogP) is 2.48. The fourth-order valence-electron chi connectivity index (χ4n) is 3.04. The molecule has 0 radical (unpaired) electrons. The number of hydrogen-bond donors (Lipinski definition) is 2. The van der Waals surface area contributed by atoms with Crippen LogP contribution >= 0.6 is 11.3 Å². The predicted molar refractivity (Wildman–Crippen MR) is 102 cm³/mol. The zero-order chi connectivity index (χ0) is 19.7. The van der Waals surface area contributed by atoms with Gasteiger partial charge in [0.15, 0.2) is 0 Å². The van der Waals surface area contributed by atoms with Gasteiger partial charge in [-0.3, -0.25) is 24.1 Å². The van der Waals surface area contributed by atoms with E-state index in [2.05, 4.69) is 5.32 Å². The Morgan fingerprint density at radius 2 is 1.70 bits per heavy atom. The van der Waals surface area contributed by atoms with Crippen LogP contribution in [0.25, 0.3) is 0 Å². The van der Waals surface area contributed by atoms with Crippen LogP contribution < -0.4 is 11.1 Å². The molecule has 140 valence electrons. The largest absolute Gasteiger partial charge is 0.365 e. The number of benzene rings is 1. The Bertz CT molecular complexity index is 929. The molecular formula is C19H19N3O4S. The Balaban J connectivity index is 1.59. The minimum atomic E-state index is -0.585. The van der Waals surface area contributed by atoms with E-state index in [0.717, 1.165) is 15.3 Å². The van der Waals surface area contributed by atoms with E-state index in [1.807, 2.05) is 6.92 Å². The van der Waals surface area contributed by atoms with Crippen molar-refractivity contribution >= 4 is 40.0 Å². The summed E-state index contributed by atoms with van der Waals surface area (Å²) in [7, 11) is 0. The van der Waals surface area contributed by atoms with Crippen molar-refractivity contribution in [2.45, 2.75) is 26.7 Å². The Morgan fingerprint density at radius 3 is 2.26 bits per heavy atom. The molecule has 0 bridgehead atoms.